The predicted octanol–water partition coefficient (Wildman–Crippen LogP) is 2.30. The molecule has 4 heterocycles. The van der Waals surface area contributed by atoms with E-state index in [2.05, 4.69) is 28.8 Å². The number of piperazine rings is 1. The van der Waals surface area contributed by atoms with Crippen molar-refractivity contribution in [3.63, 3.8) is 0 Å². The number of likely N-dealkylation sites (N-methyl/N-ethyl adjacent to an activating group) is 1. The quantitative estimate of drug-likeness (QED) is 0.715. The van der Waals surface area contributed by atoms with Gasteiger partial charge in [0.2, 0.25) is 0 Å². The Labute approximate surface area is 174 Å². The molecule has 2 unspecified atom stereocenters. The van der Waals surface area contributed by atoms with Crippen molar-refractivity contribution in [1.29, 1.82) is 0 Å². The van der Waals surface area contributed by atoms with Crippen LogP contribution in [0.1, 0.15) is 31.9 Å². The molecule has 2 aliphatic heterocycles. The van der Waals surface area contributed by atoms with E-state index < -0.39 is 0 Å². The summed E-state index contributed by atoms with van der Waals surface area (Å²) in [7, 11) is 3.79. The predicted molar refractivity (Wildman–Crippen MR) is 115 cm³/mol. The Balaban J connectivity index is 1.86. The molecule has 0 spiro atoms. The fourth-order valence-corrected chi connectivity index (χ4v) is 4.98. The van der Waals surface area contributed by atoms with E-state index in [-0.39, 0.29) is 29.6 Å². The van der Waals surface area contributed by atoms with Crippen molar-refractivity contribution in [3.8, 4) is 0 Å². The van der Waals surface area contributed by atoms with Gasteiger partial charge in [0.05, 0.1) is 16.4 Å². The zero-order chi connectivity index (χ0) is 20.6. The molecule has 1 aliphatic carbocycles. The standard InChI is InChI=1S/C21H26ClN5O2/c1-11-9-26-16(10-24(11)3)20(28)27(13-6-5-7-13)18-17(26)14-8-15(22)12(2)23-19(14)25(4)21(18)29/h8,11,13,16H,5-7,9-10H2,1-4H3. The highest BCUT2D eigenvalue weighted by Gasteiger charge is 2.48. The Kier molecular flexibility index (Phi) is 4.19. The molecule has 5 rings (SSSR count). The Morgan fingerprint density at radius 2 is 1.86 bits per heavy atom. The molecule has 0 radical (unpaired) electrons. The van der Waals surface area contributed by atoms with Crippen LogP contribution in [-0.2, 0) is 11.8 Å². The van der Waals surface area contributed by atoms with E-state index in [0.717, 1.165) is 30.3 Å². The number of nitrogens with zero attached hydrogens (tertiary/aromatic N) is 5. The van der Waals surface area contributed by atoms with E-state index in [9.17, 15) is 9.59 Å². The minimum atomic E-state index is -0.292. The summed E-state index contributed by atoms with van der Waals surface area (Å²) >= 11 is 6.46. The van der Waals surface area contributed by atoms with E-state index in [0.29, 0.717) is 35.1 Å². The Morgan fingerprint density at radius 3 is 2.52 bits per heavy atom. The zero-order valence-corrected chi connectivity index (χ0v) is 18.0. The third kappa shape index (κ3) is 2.56. The lowest BCUT2D eigenvalue weighted by molar-refractivity contribution is -0.122. The van der Waals surface area contributed by atoms with E-state index in [1.54, 1.807) is 16.5 Å². The number of aryl methyl sites for hydroxylation is 2. The summed E-state index contributed by atoms with van der Waals surface area (Å²) in [6.45, 7) is 5.33. The maximum Gasteiger partial charge on any atom is 0.278 e. The maximum absolute atomic E-state index is 13.6. The second kappa shape index (κ2) is 6.44. The molecule has 2 atom stereocenters. The van der Waals surface area contributed by atoms with Crippen molar-refractivity contribution in [1.82, 2.24) is 14.5 Å². The molecule has 2 aromatic rings. The average molecular weight is 416 g/mol. The summed E-state index contributed by atoms with van der Waals surface area (Å²) in [5, 5.41) is 1.42. The Morgan fingerprint density at radius 1 is 1.14 bits per heavy atom. The molecule has 1 saturated heterocycles. The number of rotatable bonds is 1. The third-order valence-electron chi connectivity index (χ3n) is 6.98. The van der Waals surface area contributed by atoms with Gasteiger partial charge in [0.15, 0.2) is 0 Å². The van der Waals surface area contributed by atoms with E-state index in [1.165, 1.54) is 0 Å². The molecule has 154 valence electrons. The van der Waals surface area contributed by atoms with Gasteiger partial charge in [-0.15, -0.1) is 0 Å². The summed E-state index contributed by atoms with van der Waals surface area (Å²) in [5.41, 5.74) is 2.48. The third-order valence-corrected chi connectivity index (χ3v) is 7.36. The van der Waals surface area contributed by atoms with Gasteiger partial charge in [-0.3, -0.25) is 19.1 Å². The van der Waals surface area contributed by atoms with Gasteiger partial charge in [-0.05, 0) is 46.2 Å². The van der Waals surface area contributed by atoms with E-state index >= 15 is 0 Å². The smallest absolute Gasteiger partial charge is 0.278 e. The monoisotopic (exact) mass is 415 g/mol. The molecule has 0 bridgehead atoms. The van der Waals surface area contributed by atoms with Gasteiger partial charge >= 0.3 is 0 Å². The fraction of sp³-hybridized carbons (Fsp3) is 0.571. The zero-order valence-electron chi connectivity index (χ0n) is 17.3. The number of hydrogen-bond acceptors (Lipinski definition) is 5. The molecule has 1 saturated carbocycles. The first-order chi connectivity index (χ1) is 13.8. The fourth-order valence-electron chi connectivity index (χ4n) is 4.83. The lowest BCUT2D eigenvalue weighted by atomic mass is 9.88. The molecule has 2 fully saturated rings. The normalized spacial score (nSPS) is 25.2. The number of halogens is 1. The molecular weight excluding hydrogens is 390 g/mol. The minimum Gasteiger partial charge on any atom is -0.354 e. The van der Waals surface area contributed by atoms with Crippen LogP contribution >= 0.6 is 11.6 Å². The van der Waals surface area contributed by atoms with Crippen molar-refractivity contribution in [2.45, 2.75) is 51.2 Å². The van der Waals surface area contributed by atoms with E-state index in [1.807, 2.05) is 13.0 Å². The van der Waals surface area contributed by atoms with Gasteiger partial charge in [-0.25, -0.2) is 4.98 Å². The van der Waals surface area contributed by atoms with Gasteiger partial charge in [0.1, 0.15) is 17.4 Å². The number of amides is 1. The largest absolute Gasteiger partial charge is 0.354 e. The van der Waals surface area contributed by atoms with Crippen LogP contribution in [0.4, 0.5) is 11.4 Å². The Hall–Kier alpha value is -2.12. The molecule has 7 nitrogen and oxygen atoms in total. The molecule has 1 amide bonds. The first-order valence-electron chi connectivity index (χ1n) is 10.3. The minimum absolute atomic E-state index is 0.0450. The van der Waals surface area contributed by atoms with Gasteiger partial charge in [0, 0.05) is 37.6 Å². The molecular formula is C21H26ClN5O2. The number of anilines is 2. The summed E-state index contributed by atoms with van der Waals surface area (Å²) < 4.78 is 1.57. The number of fused-ring (bicyclic) bond motifs is 5. The number of aromatic nitrogens is 2. The van der Waals surface area contributed by atoms with Crippen molar-refractivity contribution >= 4 is 39.9 Å². The SMILES string of the molecule is Cc1nc2c(cc1Cl)c1c(c(=O)n2C)N(C2CCC2)C(=O)C2CN(C)C(C)CN12. The van der Waals surface area contributed by atoms with E-state index in [4.69, 9.17) is 11.6 Å². The highest BCUT2D eigenvalue weighted by molar-refractivity contribution is 6.32. The van der Waals surface area contributed by atoms with Gasteiger partial charge < -0.3 is 9.80 Å². The van der Waals surface area contributed by atoms with Gasteiger partial charge in [-0.1, -0.05) is 11.6 Å². The van der Waals surface area contributed by atoms with Crippen LogP contribution in [0.15, 0.2) is 10.9 Å². The van der Waals surface area contributed by atoms with Crippen LogP contribution in [0.5, 0.6) is 0 Å². The lowest BCUT2D eigenvalue weighted by Crippen LogP contribution is -2.67. The van der Waals surface area contributed by atoms with Gasteiger partial charge in [0.25, 0.3) is 11.5 Å². The number of hydrogen-bond donors (Lipinski definition) is 0. The highest BCUT2D eigenvalue weighted by atomic mass is 35.5. The topological polar surface area (TPSA) is 61.7 Å². The van der Waals surface area contributed by atoms with Crippen LogP contribution in [0.2, 0.25) is 5.02 Å². The molecule has 0 aromatic carbocycles. The van der Waals surface area contributed by atoms with Crippen LogP contribution in [-0.4, -0.2) is 58.6 Å². The summed E-state index contributed by atoms with van der Waals surface area (Å²) in [4.78, 5) is 37.9. The highest BCUT2D eigenvalue weighted by Crippen LogP contribution is 2.44. The second-order valence-electron chi connectivity index (χ2n) is 8.74. The molecule has 8 heteroatoms. The summed E-state index contributed by atoms with van der Waals surface area (Å²) in [6, 6.07) is 1.99. The lowest BCUT2D eigenvalue weighted by Gasteiger charge is -2.52. The van der Waals surface area contributed by atoms with Crippen molar-refractivity contribution < 1.29 is 4.79 Å². The van der Waals surface area contributed by atoms with Gasteiger partial charge in [-0.2, -0.15) is 0 Å². The number of carbonyl (C=O) groups is 1. The molecule has 0 N–H and O–H groups in total. The first-order valence-corrected chi connectivity index (χ1v) is 10.7. The molecule has 3 aliphatic rings. The van der Waals surface area contributed by atoms with Crippen molar-refractivity contribution in [2.75, 3.05) is 29.9 Å². The van der Waals surface area contributed by atoms with Crippen LogP contribution < -0.4 is 15.4 Å². The molecule has 29 heavy (non-hydrogen) atoms. The number of pyridine rings is 2. The van der Waals surface area contributed by atoms with Crippen LogP contribution in [0.3, 0.4) is 0 Å². The Bertz CT molecular complexity index is 1090. The first kappa shape index (κ1) is 18.9. The average Bonchev–Trinajstić information content (AvgIpc) is 2.64. The van der Waals surface area contributed by atoms with Crippen LogP contribution in [0, 0.1) is 6.92 Å². The summed E-state index contributed by atoms with van der Waals surface area (Å²) in [5.74, 6) is 0.0450. The summed E-state index contributed by atoms with van der Waals surface area (Å²) in [6.07, 6.45) is 2.98. The maximum atomic E-state index is 13.6. The number of carbonyl (C=O) groups excluding carboxylic acids is 1. The second-order valence-corrected chi connectivity index (χ2v) is 9.15. The molecule has 2 aromatic heterocycles. The van der Waals surface area contributed by atoms with Crippen LogP contribution in [0.25, 0.3) is 11.0 Å². The van der Waals surface area contributed by atoms with Crippen molar-refractivity contribution in [2.24, 2.45) is 7.05 Å². The van der Waals surface area contributed by atoms with Crippen molar-refractivity contribution in [3.05, 3.63) is 27.1 Å².